The van der Waals surface area contributed by atoms with E-state index in [-0.39, 0.29) is 23.8 Å². The topological polar surface area (TPSA) is 93.0 Å². The number of benzene rings is 1. The van der Waals surface area contributed by atoms with Crippen LogP contribution in [0.1, 0.15) is 49.9 Å². The average molecular weight is 403 g/mol. The molecule has 1 aromatic rings. The predicted octanol–water partition coefficient (Wildman–Crippen LogP) is 3.25. The molecular weight excluding hydrogens is 374 g/mol. The number of piperidine rings is 2. The molecule has 2 heterocycles. The molecule has 2 unspecified atom stereocenters. The Morgan fingerprint density at radius 1 is 1.14 bits per heavy atom. The van der Waals surface area contributed by atoms with E-state index < -0.39 is 10.9 Å². The van der Waals surface area contributed by atoms with Crippen LogP contribution in [0.3, 0.4) is 0 Å². The number of likely N-dealkylation sites (tertiary alicyclic amines) is 1. The second-order valence-corrected chi connectivity index (χ2v) is 8.32. The molecule has 2 aliphatic rings. The van der Waals surface area contributed by atoms with E-state index in [1.165, 1.54) is 12.1 Å². The minimum Gasteiger partial charge on any atom is -0.452 e. The molecule has 2 saturated heterocycles. The van der Waals surface area contributed by atoms with Gasteiger partial charge in [-0.15, -0.1) is 0 Å². The SMILES string of the molecule is CC1CCCN(C(=O)COC(=O)c2ccc(N3CCCC(C)C3)c([N+](=O)[O-])c2)C1. The van der Waals surface area contributed by atoms with E-state index in [1.807, 2.05) is 4.90 Å². The third-order valence-electron chi connectivity index (χ3n) is 5.74. The van der Waals surface area contributed by atoms with E-state index >= 15 is 0 Å². The molecule has 0 spiro atoms. The number of carbonyl (C=O) groups is 2. The third-order valence-corrected chi connectivity index (χ3v) is 5.74. The van der Waals surface area contributed by atoms with Crippen molar-refractivity contribution in [2.24, 2.45) is 11.8 Å². The van der Waals surface area contributed by atoms with Crippen molar-refractivity contribution in [2.45, 2.75) is 39.5 Å². The Morgan fingerprint density at radius 2 is 1.83 bits per heavy atom. The minimum absolute atomic E-state index is 0.0883. The summed E-state index contributed by atoms with van der Waals surface area (Å²) in [7, 11) is 0. The van der Waals surface area contributed by atoms with Crippen molar-refractivity contribution in [3.63, 3.8) is 0 Å². The second-order valence-electron chi connectivity index (χ2n) is 8.32. The number of amides is 1. The Hall–Kier alpha value is -2.64. The summed E-state index contributed by atoms with van der Waals surface area (Å²) in [6.07, 6.45) is 4.14. The van der Waals surface area contributed by atoms with Gasteiger partial charge in [-0.1, -0.05) is 13.8 Å². The van der Waals surface area contributed by atoms with E-state index in [0.717, 1.165) is 38.8 Å². The lowest BCUT2D eigenvalue weighted by Crippen LogP contribution is -2.41. The molecule has 0 bridgehead atoms. The van der Waals surface area contributed by atoms with Crippen LogP contribution in [-0.2, 0) is 9.53 Å². The molecule has 0 aliphatic carbocycles. The third kappa shape index (κ3) is 5.25. The molecule has 0 N–H and O–H groups in total. The lowest BCUT2D eigenvalue weighted by molar-refractivity contribution is -0.384. The van der Waals surface area contributed by atoms with Crippen LogP contribution >= 0.6 is 0 Å². The average Bonchev–Trinajstić information content (AvgIpc) is 2.71. The molecule has 8 heteroatoms. The van der Waals surface area contributed by atoms with Crippen LogP contribution in [0.5, 0.6) is 0 Å². The molecule has 29 heavy (non-hydrogen) atoms. The van der Waals surface area contributed by atoms with Crippen molar-refractivity contribution in [1.29, 1.82) is 0 Å². The number of hydrogen-bond donors (Lipinski definition) is 0. The summed E-state index contributed by atoms with van der Waals surface area (Å²) in [6.45, 7) is 6.74. The predicted molar refractivity (Wildman–Crippen MR) is 109 cm³/mol. The van der Waals surface area contributed by atoms with Crippen LogP contribution in [-0.4, -0.2) is 54.5 Å². The fourth-order valence-electron chi connectivity index (χ4n) is 4.19. The summed E-state index contributed by atoms with van der Waals surface area (Å²) >= 11 is 0. The lowest BCUT2D eigenvalue weighted by atomic mass is 9.99. The molecule has 8 nitrogen and oxygen atoms in total. The van der Waals surface area contributed by atoms with Crippen molar-refractivity contribution in [2.75, 3.05) is 37.7 Å². The van der Waals surface area contributed by atoms with Gasteiger partial charge in [0.15, 0.2) is 6.61 Å². The Morgan fingerprint density at radius 3 is 2.48 bits per heavy atom. The van der Waals surface area contributed by atoms with Crippen molar-refractivity contribution < 1.29 is 19.2 Å². The molecule has 1 aromatic carbocycles. The van der Waals surface area contributed by atoms with Gasteiger partial charge in [-0.05, 0) is 49.7 Å². The van der Waals surface area contributed by atoms with Gasteiger partial charge < -0.3 is 14.5 Å². The second kappa shape index (κ2) is 9.24. The number of nitrogens with zero attached hydrogens (tertiary/aromatic N) is 3. The summed E-state index contributed by atoms with van der Waals surface area (Å²) in [5.74, 6) is -0.0315. The van der Waals surface area contributed by atoms with Crippen LogP contribution in [0, 0.1) is 22.0 Å². The maximum absolute atomic E-state index is 12.4. The van der Waals surface area contributed by atoms with E-state index in [2.05, 4.69) is 13.8 Å². The Bertz CT molecular complexity index is 782. The zero-order valence-corrected chi connectivity index (χ0v) is 17.1. The van der Waals surface area contributed by atoms with Crippen LogP contribution in [0.2, 0.25) is 0 Å². The van der Waals surface area contributed by atoms with E-state index in [4.69, 9.17) is 4.74 Å². The van der Waals surface area contributed by atoms with E-state index in [0.29, 0.717) is 30.6 Å². The van der Waals surface area contributed by atoms with Crippen molar-refractivity contribution >= 4 is 23.3 Å². The first kappa shape index (κ1) is 21.1. The van der Waals surface area contributed by atoms with Crippen LogP contribution in [0.4, 0.5) is 11.4 Å². The largest absolute Gasteiger partial charge is 0.452 e. The number of rotatable bonds is 5. The fraction of sp³-hybridized carbons (Fsp3) is 0.619. The Balaban J connectivity index is 1.66. The monoisotopic (exact) mass is 403 g/mol. The zero-order chi connectivity index (χ0) is 21.0. The number of nitro groups is 1. The molecular formula is C21H29N3O5. The Kier molecular flexibility index (Phi) is 6.71. The number of nitro benzene ring substituents is 1. The van der Waals surface area contributed by atoms with E-state index in [9.17, 15) is 19.7 Å². The number of anilines is 1. The van der Waals surface area contributed by atoms with Gasteiger partial charge >= 0.3 is 5.97 Å². The molecule has 0 radical (unpaired) electrons. The molecule has 0 saturated carbocycles. The summed E-state index contributed by atoms with van der Waals surface area (Å²) in [6, 6.07) is 4.41. The molecule has 2 aliphatic heterocycles. The number of esters is 1. The highest BCUT2D eigenvalue weighted by Crippen LogP contribution is 2.32. The highest BCUT2D eigenvalue weighted by molar-refractivity contribution is 5.93. The summed E-state index contributed by atoms with van der Waals surface area (Å²) in [5, 5.41) is 11.6. The highest BCUT2D eigenvalue weighted by atomic mass is 16.6. The van der Waals surface area contributed by atoms with Gasteiger partial charge in [0, 0.05) is 32.2 Å². The van der Waals surface area contributed by atoms with Crippen LogP contribution in [0.25, 0.3) is 0 Å². The summed E-state index contributed by atoms with van der Waals surface area (Å²) < 4.78 is 5.15. The minimum atomic E-state index is -0.718. The van der Waals surface area contributed by atoms with Gasteiger partial charge in [0.1, 0.15) is 5.69 Å². The molecule has 158 valence electrons. The normalized spacial score (nSPS) is 22.3. The zero-order valence-electron chi connectivity index (χ0n) is 17.1. The molecule has 2 fully saturated rings. The maximum Gasteiger partial charge on any atom is 0.338 e. The molecule has 2 atom stereocenters. The van der Waals surface area contributed by atoms with Gasteiger partial charge in [-0.2, -0.15) is 0 Å². The molecule has 3 rings (SSSR count). The van der Waals surface area contributed by atoms with Gasteiger partial charge in [0.25, 0.3) is 11.6 Å². The lowest BCUT2D eigenvalue weighted by Gasteiger charge is -2.32. The quantitative estimate of drug-likeness (QED) is 0.426. The van der Waals surface area contributed by atoms with E-state index in [1.54, 1.807) is 11.0 Å². The number of hydrogen-bond acceptors (Lipinski definition) is 6. The summed E-state index contributed by atoms with van der Waals surface area (Å²) in [4.78, 5) is 39.5. The first-order valence-corrected chi connectivity index (χ1v) is 10.3. The van der Waals surface area contributed by atoms with Gasteiger partial charge in [-0.25, -0.2) is 4.79 Å². The Labute approximate surface area is 171 Å². The smallest absolute Gasteiger partial charge is 0.338 e. The number of carbonyl (C=O) groups excluding carboxylic acids is 2. The number of ether oxygens (including phenoxy) is 1. The molecule has 1 amide bonds. The fourth-order valence-corrected chi connectivity index (χ4v) is 4.19. The van der Waals surface area contributed by atoms with Crippen molar-refractivity contribution in [3.8, 4) is 0 Å². The van der Waals surface area contributed by atoms with Gasteiger partial charge in [0.2, 0.25) is 0 Å². The van der Waals surface area contributed by atoms with Crippen LogP contribution in [0.15, 0.2) is 18.2 Å². The van der Waals surface area contributed by atoms with Crippen molar-refractivity contribution in [1.82, 2.24) is 4.90 Å². The van der Waals surface area contributed by atoms with Crippen LogP contribution < -0.4 is 4.90 Å². The van der Waals surface area contributed by atoms with Gasteiger partial charge in [-0.3, -0.25) is 14.9 Å². The highest BCUT2D eigenvalue weighted by Gasteiger charge is 2.26. The summed E-state index contributed by atoms with van der Waals surface area (Å²) in [5.41, 5.74) is 0.506. The molecule has 0 aromatic heterocycles. The van der Waals surface area contributed by atoms with Crippen molar-refractivity contribution in [3.05, 3.63) is 33.9 Å². The van der Waals surface area contributed by atoms with Gasteiger partial charge in [0.05, 0.1) is 10.5 Å². The first-order chi connectivity index (χ1) is 13.8. The first-order valence-electron chi connectivity index (χ1n) is 10.3. The standard InChI is InChI=1S/C21H29N3O5/c1-15-5-3-9-22(12-15)18-8-7-17(11-19(18)24(27)28)21(26)29-14-20(25)23-10-4-6-16(2)13-23/h7-8,11,15-16H,3-6,9-10,12-14H2,1-2H3. The maximum atomic E-state index is 12.4.